The molecule has 0 fully saturated rings. The van der Waals surface area contributed by atoms with Crippen molar-refractivity contribution in [3.05, 3.63) is 198 Å². The lowest BCUT2D eigenvalue weighted by Crippen LogP contribution is -2.02. The van der Waals surface area contributed by atoms with Crippen molar-refractivity contribution >= 4 is 110 Å². The molecule has 0 saturated heterocycles. The Kier molecular flexibility index (Phi) is 9.13. The number of ether oxygens (including phenoxy) is 1. The molecule has 8 aromatic carbocycles. The second kappa shape index (κ2) is 15.7. The zero-order chi connectivity index (χ0) is 44.6. The number of aromatic nitrogens is 6. The van der Waals surface area contributed by atoms with Crippen LogP contribution in [0.5, 0.6) is 5.75 Å². The van der Waals surface area contributed by atoms with E-state index >= 15 is 0 Å². The Labute approximate surface area is 395 Å². The van der Waals surface area contributed by atoms with Crippen LogP contribution >= 0.6 is 22.6 Å². The fraction of sp³-hybridized carbons (Fsp3) is 0.0175. The van der Waals surface area contributed by atoms with Gasteiger partial charge in [0, 0.05) is 38.1 Å². The second-order valence-electron chi connectivity index (χ2n) is 16.2. The smallest absolute Gasteiger partial charge is 0.236 e. The summed E-state index contributed by atoms with van der Waals surface area (Å²) >= 11 is 2.31. The van der Waals surface area contributed by atoms with E-state index < -0.39 is 0 Å². The Bertz CT molecular complexity index is 4120. The molecule has 14 rings (SSSR count). The van der Waals surface area contributed by atoms with Crippen LogP contribution in [0.2, 0.25) is 0 Å². The van der Waals surface area contributed by atoms with Crippen LogP contribution in [0.1, 0.15) is 0 Å². The molecule has 6 heterocycles. The normalized spacial score (nSPS) is 11.7. The van der Waals surface area contributed by atoms with Crippen LogP contribution in [0.15, 0.2) is 203 Å². The third kappa shape index (κ3) is 6.20. The topological polar surface area (TPSA) is 96.9 Å². The molecule has 0 bridgehead atoms. The highest BCUT2D eigenvalue weighted by Gasteiger charge is 2.24. The van der Waals surface area contributed by atoms with Gasteiger partial charge in [0.1, 0.15) is 22.4 Å². The van der Waals surface area contributed by atoms with Gasteiger partial charge in [-0.25, -0.2) is 19.9 Å². The summed E-state index contributed by atoms with van der Waals surface area (Å²) in [4.78, 5) is 20.3. The zero-order valence-electron chi connectivity index (χ0n) is 35.8. The van der Waals surface area contributed by atoms with Crippen LogP contribution in [0.4, 0.5) is 0 Å². The minimum atomic E-state index is 0.606. The van der Waals surface area contributed by atoms with Gasteiger partial charge in [-0.2, -0.15) is 0 Å². The van der Waals surface area contributed by atoms with Crippen LogP contribution in [0.25, 0.3) is 122 Å². The van der Waals surface area contributed by atoms with E-state index in [0.29, 0.717) is 34.4 Å². The Hall–Kier alpha value is -8.35. The van der Waals surface area contributed by atoms with Crippen LogP contribution < -0.4 is 4.74 Å². The molecule has 10 heteroatoms. The monoisotopic (exact) mass is 978 g/mol. The van der Waals surface area contributed by atoms with Crippen LogP contribution in [-0.4, -0.2) is 36.2 Å². The van der Waals surface area contributed by atoms with Gasteiger partial charge in [-0.15, -0.1) is 0 Å². The minimum Gasteiger partial charge on any atom is -0.493 e. The quantitative estimate of drug-likeness (QED) is 0.158. The van der Waals surface area contributed by atoms with Gasteiger partial charge < -0.3 is 13.6 Å². The molecule has 0 saturated carbocycles. The predicted octanol–water partition coefficient (Wildman–Crippen LogP) is 14.9. The van der Waals surface area contributed by atoms with Crippen molar-refractivity contribution in [2.24, 2.45) is 0 Å². The summed E-state index contributed by atoms with van der Waals surface area (Å²) in [7, 11) is 1.65. The van der Waals surface area contributed by atoms with Crippen molar-refractivity contribution < 1.29 is 13.6 Å². The largest absolute Gasteiger partial charge is 0.493 e. The summed E-state index contributed by atoms with van der Waals surface area (Å²) in [5.41, 5.74) is 12.3. The molecule has 0 atom stereocenters. The lowest BCUT2D eigenvalue weighted by molar-refractivity contribution is 0.412. The number of furan rings is 2. The van der Waals surface area contributed by atoms with Crippen molar-refractivity contribution in [2.45, 2.75) is 0 Å². The fourth-order valence-corrected chi connectivity index (χ4v) is 10.1. The molecule has 318 valence electrons. The maximum Gasteiger partial charge on any atom is 0.236 e. The molecule has 67 heavy (non-hydrogen) atoms. The molecule has 0 spiro atoms. The summed E-state index contributed by atoms with van der Waals surface area (Å²) in [6, 6.07) is 65.9. The van der Waals surface area contributed by atoms with E-state index in [0.717, 1.165) is 75.5 Å². The van der Waals surface area contributed by atoms with Crippen molar-refractivity contribution in [1.29, 1.82) is 0 Å². The van der Waals surface area contributed by atoms with Gasteiger partial charge in [-0.3, -0.25) is 9.13 Å². The van der Waals surface area contributed by atoms with Gasteiger partial charge in [0.2, 0.25) is 11.9 Å². The number of nitrogens with zero attached hydrogens (tertiary/aromatic N) is 6. The molecule has 14 aromatic rings. The number of hydrogen-bond donors (Lipinski definition) is 0. The van der Waals surface area contributed by atoms with Crippen molar-refractivity contribution in [3.8, 4) is 40.2 Å². The van der Waals surface area contributed by atoms with Gasteiger partial charge >= 0.3 is 0 Å². The number of para-hydroxylation sites is 6. The SMILES string of the molecule is COc1cccc2c1oc1c(-c3ccccc3)nc(-n3c4ccccc4c4ccccc43)nc12.Ic1cccc2c1oc1c(-c3ccccc3)nc(-n3c4ccccc4c4ccccc43)nc12. The van der Waals surface area contributed by atoms with E-state index in [1.54, 1.807) is 7.11 Å². The van der Waals surface area contributed by atoms with E-state index in [-0.39, 0.29) is 0 Å². The zero-order valence-corrected chi connectivity index (χ0v) is 37.9. The van der Waals surface area contributed by atoms with Crippen LogP contribution in [0.3, 0.4) is 0 Å². The molecule has 0 unspecified atom stereocenters. The number of halogens is 1. The van der Waals surface area contributed by atoms with E-state index in [1.165, 1.54) is 21.5 Å². The molecule has 0 radical (unpaired) electrons. The molecule has 0 aliphatic carbocycles. The Balaban J connectivity index is 0.000000133. The van der Waals surface area contributed by atoms with Gasteiger partial charge in [-0.1, -0.05) is 146 Å². The Morgan fingerprint density at radius 3 is 1.19 bits per heavy atom. The van der Waals surface area contributed by atoms with E-state index in [2.05, 4.69) is 141 Å². The highest BCUT2D eigenvalue weighted by Crippen LogP contribution is 2.41. The molecule has 9 nitrogen and oxygen atoms in total. The molecule has 0 N–H and O–H groups in total. The van der Waals surface area contributed by atoms with E-state index in [1.807, 2.05) is 84.9 Å². The molecule has 0 aliphatic heterocycles. The van der Waals surface area contributed by atoms with Crippen molar-refractivity contribution in [1.82, 2.24) is 29.1 Å². The van der Waals surface area contributed by atoms with Gasteiger partial charge in [0.25, 0.3) is 0 Å². The first-order chi connectivity index (χ1) is 33.1. The first-order valence-corrected chi connectivity index (χ1v) is 22.9. The average molecular weight is 979 g/mol. The average Bonchev–Trinajstić information content (AvgIpc) is 4.15. The third-order valence-electron chi connectivity index (χ3n) is 12.4. The lowest BCUT2D eigenvalue weighted by atomic mass is 10.1. The highest BCUT2D eigenvalue weighted by atomic mass is 127. The highest BCUT2D eigenvalue weighted by molar-refractivity contribution is 14.1. The number of rotatable bonds is 5. The molecule has 6 aromatic heterocycles. The second-order valence-corrected chi connectivity index (χ2v) is 17.4. The third-order valence-corrected chi connectivity index (χ3v) is 13.3. The Morgan fingerprint density at radius 2 is 0.746 bits per heavy atom. The maximum atomic E-state index is 6.37. The van der Waals surface area contributed by atoms with E-state index in [9.17, 15) is 0 Å². The summed E-state index contributed by atoms with van der Waals surface area (Å²) in [5.74, 6) is 1.92. The summed E-state index contributed by atoms with van der Waals surface area (Å²) in [6.07, 6.45) is 0. The van der Waals surface area contributed by atoms with Gasteiger partial charge in [-0.05, 0) is 71.1 Å². The summed E-state index contributed by atoms with van der Waals surface area (Å²) in [6.45, 7) is 0. The number of methoxy groups -OCH3 is 1. The first-order valence-electron chi connectivity index (χ1n) is 21.9. The standard InChI is InChI=1S/C29H19N3O2.C28H16IN3O/c1-33-24-17-9-14-21-26-28(34-27(21)24)25(18-10-3-2-4-11-18)30-29(31-26)32-22-15-7-5-12-19(22)20-13-6-8-16-23(20)32;29-21-14-8-13-20-25-27(33-26(20)21)24(17-9-2-1-3-10-17)30-28(31-25)32-22-15-6-4-11-18(22)19-12-5-7-16-23(19)32/h2-17H,1H3;1-16H. The van der Waals surface area contributed by atoms with Gasteiger partial charge in [0.05, 0.1) is 38.1 Å². The Morgan fingerprint density at radius 1 is 0.373 bits per heavy atom. The summed E-state index contributed by atoms with van der Waals surface area (Å²) in [5, 5.41) is 6.60. The fourth-order valence-electron chi connectivity index (χ4n) is 9.47. The lowest BCUT2D eigenvalue weighted by Gasteiger charge is -2.09. The minimum absolute atomic E-state index is 0.606. The van der Waals surface area contributed by atoms with Crippen molar-refractivity contribution in [3.63, 3.8) is 0 Å². The molecular weight excluding hydrogens is 944 g/mol. The summed E-state index contributed by atoms with van der Waals surface area (Å²) < 4.78 is 23.6. The first kappa shape index (κ1) is 39.1. The number of fused-ring (bicyclic) bond motifs is 12. The van der Waals surface area contributed by atoms with Crippen molar-refractivity contribution in [2.75, 3.05) is 7.11 Å². The number of hydrogen-bond acceptors (Lipinski definition) is 7. The van der Waals surface area contributed by atoms with E-state index in [4.69, 9.17) is 33.5 Å². The number of benzene rings is 8. The van der Waals surface area contributed by atoms with Crippen LogP contribution in [-0.2, 0) is 0 Å². The molecule has 0 amide bonds. The van der Waals surface area contributed by atoms with Crippen LogP contribution in [0, 0.1) is 3.57 Å². The maximum absolute atomic E-state index is 6.37. The molecule has 0 aliphatic rings. The predicted molar refractivity (Wildman–Crippen MR) is 277 cm³/mol. The molecular formula is C57H35IN6O3. The van der Waals surface area contributed by atoms with Gasteiger partial charge in [0.15, 0.2) is 28.1 Å².